The Bertz CT molecular complexity index is 959. The first-order chi connectivity index (χ1) is 23.2. The largest absolute Gasteiger partial charge is 0.387 e. The second kappa shape index (κ2) is 33.7. The first-order valence-corrected chi connectivity index (χ1v) is 21.1. The predicted molar refractivity (Wildman–Crippen MR) is 204 cm³/mol. The van der Waals surface area contributed by atoms with Gasteiger partial charge >= 0.3 is 0 Å². The van der Waals surface area contributed by atoms with Gasteiger partial charge in [0.1, 0.15) is 6.10 Å². The molecule has 3 atom stereocenters. The lowest BCUT2D eigenvalue weighted by atomic mass is 10.0. The summed E-state index contributed by atoms with van der Waals surface area (Å²) in [4.78, 5) is 12.5. The number of unbranched alkanes of at least 4 members (excludes halogenated alkanes) is 19. The first-order valence-electron chi connectivity index (χ1n) is 19.4. The zero-order chi connectivity index (χ0) is 35.6. The Morgan fingerprint density at radius 2 is 0.958 bits per heavy atom. The van der Waals surface area contributed by atoms with Crippen LogP contribution >= 0.6 is 0 Å². The van der Waals surface area contributed by atoms with E-state index in [0.717, 1.165) is 51.4 Å². The van der Waals surface area contributed by atoms with Crippen LogP contribution in [0.25, 0.3) is 0 Å². The van der Waals surface area contributed by atoms with Gasteiger partial charge in [0, 0.05) is 0 Å². The number of allylic oxidation sites excluding steroid dienone is 7. The maximum absolute atomic E-state index is 12.5. The molecule has 8 heteroatoms. The molecule has 3 unspecified atom stereocenters. The van der Waals surface area contributed by atoms with Gasteiger partial charge in [-0.3, -0.25) is 9.35 Å². The summed E-state index contributed by atoms with van der Waals surface area (Å²) in [5.74, 6) is -1.58. The van der Waals surface area contributed by atoms with E-state index in [1.165, 1.54) is 96.0 Å². The second-order valence-electron chi connectivity index (χ2n) is 13.3. The number of carbonyl (C=O) groups excluding carboxylic acids is 1. The van der Waals surface area contributed by atoms with E-state index in [4.69, 9.17) is 0 Å². The van der Waals surface area contributed by atoms with Crippen LogP contribution in [0.3, 0.4) is 0 Å². The summed E-state index contributed by atoms with van der Waals surface area (Å²) in [5, 5.41) is 23.3. The van der Waals surface area contributed by atoms with Crippen molar-refractivity contribution >= 4 is 16.0 Å². The van der Waals surface area contributed by atoms with Gasteiger partial charge in [-0.25, -0.2) is 0 Å². The van der Waals surface area contributed by atoms with Gasteiger partial charge in [0.15, 0.2) is 0 Å². The number of aliphatic hydroxyl groups is 2. The van der Waals surface area contributed by atoms with Crippen molar-refractivity contribution in [3.8, 4) is 0 Å². The van der Waals surface area contributed by atoms with E-state index >= 15 is 0 Å². The topological polar surface area (TPSA) is 124 Å². The summed E-state index contributed by atoms with van der Waals surface area (Å²) in [6.45, 7) is 4.44. The molecule has 0 fully saturated rings. The molecule has 48 heavy (non-hydrogen) atoms. The molecular formula is C40H73NO6S. The molecule has 0 aliphatic rings. The Labute approximate surface area is 295 Å². The summed E-state index contributed by atoms with van der Waals surface area (Å²) in [6.07, 6.45) is 41.7. The van der Waals surface area contributed by atoms with E-state index in [2.05, 4.69) is 55.6 Å². The van der Waals surface area contributed by atoms with E-state index in [1.807, 2.05) is 0 Å². The highest BCUT2D eigenvalue weighted by Crippen LogP contribution is 2.13. The number of carbonyl (C=O) groups is 1. The molecule has 0 aromatic carbocycles. The predicted octanol–water partition coefficient (Wildman–Crippen LogP) is 10.1. The molecular weight excluding hydrogens is 623 g/mol. The summed E-state index contributed by atoms with van der Waals surface area (Å²) < 4.78 is 32.4. The van der Waals surface area contributed by atoms with Crippen LogP contribution in [0.15, 0.2) is 48.6 Å². The molecule has 0 aromatic heterocycles. The molecule has 0 saturated carbocycles. The summed E-state index contributed by atoms with van der Waals surface area (Å²) in [5.41, 5.74) is 0. The average molecular weight is 696 g/mol. The lowest BCUT2D eigenvalue weighted by molar-refractivity contribution is -0.130. The van der Waals surface area contributed by atoms with Gasteiger partial charge in [-0.05, 0) is 64.2 Å². The smallest absolute Gasteiger partial charge is 0.267 e. The number of amides is 1. The minimum Gasteiger partial charge on any atom is -0.387 e. The minimum atomic E-state index is -4.45. The lowest BCUT2D eigenvalue weighted by Gasteiger charge is -2.22. The molecule has 0 radical (unpaired) electrons. The standard InChI is InChI=1S/C40H73NO6S/c1-3-5-7-9-11-13-15-17-18-19-20-21-22-23-25-27-29-31-33-35-39(43)40(44)41-37(36-48(45,46)47)38(42)34-32-30-28-26-24-16-14-12-10-8-6-4-2/h10,12,20-21,24,26,32,34,37-39,42-43H,3-9,11,13-19,22-23,25,27-31,33,35-36H2,1-2H3,(H,41,44)(H,45,46,47)/b12-10+,21-20-,26-24+,34-32+. The van der Waals surface area contributed by atoms with E-state index in [-0.39, 0.29) is 6.42 Å². The third-order valence-corrected chi connectivity index (χ3v) is 9.34. The van der Waals surface area contributed by atoms with Crippen molar-refractivity contribution in [2.24, 2.45) is 0 Å². The van der Waals surface area contributed by atoms with Gasteiger partial charge in [-0.15, -0.1) is 0 Å². The fraction of sp³-hybridized carbons (Fsp3) is 0.775. The fourth-order valence-corrected chi connectivity index (χ4v) is 6.26. The molecule has 0 saturated heterocycles. The van der Waals surface area contributed by atoms with Gasteiger partial charge < -0.3 is 15.5 Å². The molecule has 7 nitrogen and oxygen atoms in total. The van der Waals surface area contributed by atoms with Crippen LogP contribution in [0.1, 0.15) is 174 Å². The van der Waals surface area contributed by atoms with Crippen LogP contribution in [0.5, 0.6) is 0 Å². The van der Waals surface area contributed by atoms with Gasteiger partial charge in [0.2, 0.25) is 5.91 Å². The van der Waals surface area contributed by atoms with Gasteiger partial charge in [0.05, 0.1) is 17.9 Å². The lowest BCUT2D eigenvalue weighted by Crippen LogP contribution is -2.50. The van der Waals surface area contributed by atoms with Crippen molar-refractivity contribution in [1.82, 2.24) is 5.32 Å². The zero-order valence-electron chi connectivity index (χ0n) is 30.7. The highest BCUT2D eigenvalue weighted by atomic mass is 32.2. The second-order valence-corrected chi connectivity index (χ2v) is 14.8. The van der Waals surface area contributed by atoms with Crippen LogP contribution in [-0.4, -0.2) is 53.1 Å². The molecule has 1 amide bonds. The summed E-state index contributed by atoms with van der Waals surface area (Å²) >= 11 is 0. The molecule has 0 bridgehead atoms. The van der Waals surface area contributed by atoms with Crippen LogP contribution in [-0.2, 0) is 14.9 Å². The minimum absolute atomic E-state index is 0.263. The zero-order valence-corrected chi connectivity index (χ0v) is 31.5. The highest BCUT2D eigenvalue weighted by Gasteiger charge is 2.27. The van der Waals surface area contributed by atoms with Crippen molar-refractivity contribution < 1.29 is 28.0 Å². The highest BCUT2D eigenvalue weighted by molar-refractivity contribution is 7.85. The van der Waals surface area contributed by atoms with Crippen molar-refractivity contribution in [1.29, 1.82) is 0 Å². The number of hydrogen-bond donors (Lipinski definition) is 4. The number of aliphatic hydroxyl groups excluding tert-OH is 2. The van der Waals surface area contributed by atoms with Crippen molar-refractivity contribution in [2.75, 3.05) is 5.75 Å². The Hall–Kier alpha value is -1.74. The van der Waals surface area contributed by atoms with Gasteiger partial charge in [-0.1, -0.05) is 159 Å². The number of nitrogens with one attached hydrogen (secondary N) is 1. The normalized spacial score (nSPS) is 14.5. The van der Waals surface area contributed by atoms with Crippen LogP contribution in [0, 0.1) is 0 Å². The van der Waals surface area contributed by atoms with Crippen LogP contribution < -0.4 is 5.32 Å². The molecule has 0 aliphatic carbocycles. The number of hydrogen-bond acceptors (Lipinski definition) is 5. The van der Waals surface area contributed by atoms with E-state index < -0.39 is 40.0 Å². The molecule has 4 N–H and O–H groups in total. The monoisotopic (exact) mass is 696 g/mol. The fourth-order valence-electron chi connectivity index (χ4n) is 5.53. The maximum Gasteiger partial charge on any atom is 0.267 e. The van der Waals surface area contributed by atoms with Gasteiger partial charge in [0.25, 0.3) is 10.1 Å². The Morgan fingerprint density at radius 1 is 0.562 bits per heavy atom. The number of rotatable bonds is 34. The van der Waals surface area contributed by atoms with Crippen LogP contribution in [0.4, 0.5) is 0 Å². The average Bonchev–Trinajstić information content (AvgIpc) is 3.05. The van der Waals surface area contributed by atoms with Crippen molar-refractivity contribution in [2.45, 2.75) is 193 Å². The molecule has 0 aromatic rings. The Morgan fingerprint density at radius 3 is 1.44 bits per heavy atom. The molecule has 0 aliphatic heterocycles. The van der Waals surface area contributed by atoms with E-state index in [0.29, 0.717) is 12.8 Å². The third kappa shape index (κ3) is 32.8. The molecule has 0 rings (SSSR count). The van der Waals surface area contributed by atoms with E-state index in [9.17, 15) is 28.0 Å². The van der Waals surface area contributed by atoms with E-state index in [1.54, 1.807) is 6.08 Å². The molecule has 280 valence electrons. The first kappa shape index (κ1) is 46.3. The maximum atomic E-state index is 12.5. The van der Waals surface area contributed by atoms with Crippen molar-refractivity contribution in [3.63, 3.8) is 0 Å². The Balaban J connectivity index is 4.09. The quantitative estimate of drug-likeness (QED) is 0.0302. The summed E-state index contributed by atoms with van der Waals surface area (Å²) in [7, 11) is -4.45. The SMILES string of the molecule is CCCC/C=C/CC/C=C/CC/C=C/C(O)C(CS(=O)(=O)O)NC(=O)C(O)CCCCCCCC/C=C\CCCCCCCCCCC. The van der Waals surface area contributed by atoms with Crippen LogP contribution in [0.2, 0.25) is 0 Å². The summed E-state index contributed by atoms with van der Waals surface area (Å²) in [6, 6.07) is -1.26. The molecule has 0 spiro atoms. The Kier molecular flexibility index (Phi) is 32.5. The third-order valence-electron chi connectivity index (χ3n) is 8.56. The van der Waals surface area contributed by atoms with Gasteiger partial charge in [-0.2, -0.15) is 8.42 Å². The molecule has 0 heterocycles. The van der Waals surface area contributed by atoms with Crippen molar-refractivity contribution in [3.05, 3.63) is 48.6 Å².